The van der Waals surface area contributed by atoms with Crippen LogP contribution in [0.3, 0.4) is 0 Å². The van der Waals surface area contributed by atoms with Crippen molar-refractivity contribution in [3.05, 3.63) is 29.1 Å². The maximum Gasteiger partial charge on any atom is 0.340 e. The van der Waals surface area contributed by atoms with Crippen molar-refractivity contribution in [2.75, 3.05) is 0 Å². The number of rotatable bonds is 1. The van der Waals surface area contributed by atoms with Gasteiger partial charge in [0.15, 0.2) is 0 Å². The largest absolute Gasteiger partial charge is 0.478 e. The second kappa shape index (κ2) is 3.80. The average Bonchev–Trinajstić information content (AvgIpc) is 2.64. The minimum Gasteiger partial charge on any atom is -0.478 e. The van der Waals surface area contributed by atoms with Crippen LogP contribution < -0.4 is 0 Å². The lowest BCUT2D eigenvalue weighted by Crippen LogP contribution is -2.29. The molecule has 0 unspecified atom stereocenters. The van der Waals surface area contributed by atoms with Gasteiger partial charge >= 0.3 is 11.9 Å². The van der Waals surface area contributed by atoms with E-state index in [1.807, 2.05) is 0 Å². The van der Waals surface area contributed by atoms with Crippen LogP contribution in [0.4, 0.5) is 0 Å². The molecule has 94 valence electrons. The topological polar surface area (TPSA) is 76.5 Å². The Morgan fingerprint density at radius 1 is 1.28 bits per heavy atom. The van der Waals surface area contributed by atoms with Crippen LogP contribution in [0.15, 0.2) is 12.4 Å². The van der Waals surface area contributed by atoms with Gasteiger partial charge in [0.2, 0.25) is 0 Å². The summed E-state index contributed by atoms with van der Waals surface area (Å²) in [6.07, 6.45) is 7.42. The van der Waals surface area contributed by atoms with Crippen molar-refractivity contribution in [1.29, 1.82) is 0 Å². The van der Waals surface area contributed by atoms with E-state index in [9.17, 15) is 9.59 Å². The molecule has 1 spiro atoms. The summed E-state index contributed by atoms with van der Waals surface area (Å²) in [4.78, 5) is 27.0. The van der Waals surface area contributed by atoms with Crippen LogP contribution in [0.1, 0.15) is 58.4 Å². The van der Waals surface area contributed by atoms with Crippen molar-refractivity contribution in [1.82, 2.24) is 4.98 Å². The number of hydrogen-bond acceptors (Lipinski definition) is 4. The number of carbonyl (C=O) groups excluding carboxylic acids is 1. The Bertz CT molecular complexity index is 532. The van der Waals surface area contributed by atoms with Gasteiger partial charge in [0.25, 0.3) is 0 Å². The van der Waals surface area contributed by atoms with Crippen LogP contribution in [0.2, 0.25) is 0 Å². The van der Waals surface area contributed by atoms with Gasteiger partial charge in [-0.05, 0) is 25.7 Å². The average molecular weight is 247 g/mol. The predicted octanol–water partition coefficient (Wildman–Crippen LogP) is 2.11. The molecule has 1 aliphatic heterocycles. The number of fused-ring (bicyclic) bond motifs is 2. The molecule has 2 aliphatic rings. The predicted molar refractivity (Wildman–Crippen MR) is 61.4 cm³/mol. The molecule has 0 aromatic carbocycles. The maximum absolute atomic E-state index is 12.0. The zero-order valence-corrected chi connectivity index (χ0v) is 9.81. The first kappa shape index (κ1) is 11.2. The summed E-state index contributed by atoms with van der Waals surface area (Å²) in [7, 11) is 0. The molecule has 0 saturated heterocycles. The second-order valence-corrected chi connectivity index (χ2v) is 4.86. The number of carbonyl (C=O) groups is 2. The third kappa shape index (κ3) is 1.43. The Labute approximate surface area is 104 Å². The van der Waals surface area contributed by atoms with Gasteiger partial charge in [-0.3, -0.25) is 4.98 Å². The fourth-order valence-corrected chi connectivity index (χ4v) is 2.97. The molecule has 5 nitrogen and oxygen atoms in total. The zero-order chi connectivity index (χ0) is 12.8. The fraction of sp³-hybridized carbons (Fsp3) is 0.462. The molecule has 1 aromatic heterocycles. The molecular weight excluding hydrogens is 234 g/mol. The third-order valence-electron chi connectivity index (χ3n) is 3.82. The number of pyridine rings is 1. The molecule has 0 bridgehead atoms. The van der Waals surface area contributed by atoms with Crippen LogP contribution in [-0.4, -0.2) is 22.0 Å². The molecule has 3 rings (SSSR count). The Kier molecular flexibility index (Phi) is 2.36. The Hall–Kier alpha value is -1.91. The number of hydrogen-bond donors (Lipinski definition) is 1. The number of esters is 1. The van der Waals surface area contributed by atoms with Gasteiger partial charge in [-0.25, -0.2) is 9.59 Å². The lowest BCUT2D eigenvalue weighted by Gasteiger charge is -2.32. The van der Waals surface area contributed by atoms with E-state index in [1.54, 1.807) is 6.20 Å². The summed E-state index contributed by atoms with van der Waals surface area (Å²) in [6.45, 7) is 0. The summed E-state index contributed by atoms with van der Waals surface area (Å²) in [5, 5.41) is 9.11. The van der Waals surface area contributed by atoms with E-state index in [1.165, 1.54) is 6.20 Å². The SMILES string of the molecule is O=C(O)c1cncc2c1C(=O)OC21CCCCC1. The maximum atomic E-state index is 12.0. The van der Waals surface area contributed by atoms with E-state index < -0.39 is 17.5 Å². The van der Waals surface area contributed by atoms with Gasteiger partial charge < -0.3 is 9.84 Å². The first-order valence-corrected chi connectivity index (χ1v) is 6.09. The number of carboxylic acid groups (broad SMARTS) is 1. The van der Waals surface area contributed by atoms with E-state index in [-0.39, 0.29) is 11.1 Å². The number of carboxylic acids is 1. The number of aromatic carboxylic acids is 1. The van der Waals surface area contributed by atoms with Gasteiger partial charge in [-0.1, -0.05) is 6.42 Å². The van der Waals surface area contributed by atoms with E-state index in [0.717, 1.165) is 32.1 Å². The highest BCUT2D eigenvalue weighted by atomic mass is 16.6. The van der Waals surface area contributed by atoms with Gasteiger partial charge in [0, 0.05) is 18.0 Å². The van der Waals surface area contributed by atoms with Crippen molar-refractivity contribution in [3.8, 4) is 0 Å². The van der Waals surface area contributed by atoms with Crippen LogP contribution in [0.25, 0.3) is 0 Å². The third-order valence-corrected chi connectivity index (χ3v) is 3.82. The van der Waals surface area contributed by atoms with Crippen molar-refractivity contribution < 1.29 is 19.4 Å². The summed E-state index contributed by atoms with van der Waals surface area (Å²) >= 11 is 0. The Balaban J connectivity index is 2.17. The fourth-order valence-electron chi connectivity index (χ4n) is 2.97. The number of aromatic nitrogens is 1. The molecule has 0 amide bonds. The summed E-state index contributed by atoms with van der Waals surface area (Å²) < 4.78 is 5.51. The molecular formula is C13H13NO4. The second-order valence-electron chi connectivity index (χ2n) is 4.86. The standard InChI is InChI=1S/C13H13NO4/c15-11(16)8-6-14-7-9-10(8)12(17)18-13(9)4-2-1-3-5-13/h6-7H,1-5H2,(H,15,16). The number of ether oxygens (including phenoxy) is 1. The molecule has 2 heterocycles. The molecule has 0 atom stereocenters. The van der Waals surface area contributed by atoms with Crippen molar-refractivity contribution in [2.45, 2.75) is 37.7 Å². The van der Waals surface area contributed by atoms with E-state index in [0.29, 0.717) is 5.56 Å². The molecule has 1 N–H and O–H groups in total. The highest BCUT2D eigenvalue weighted by Crippen LogP contribution is 2.47. The summed E-state index contributed by atoms with van der Waals surface area (Å²) in [5.74, 6) is -1.66. The molecule has 18 heavy (non-hydrogen) atoms. The molecule has 1 aliphatic carbocycles. The highest BCUT2D eigenvalue weighted by Gasteiger charge is 2.48. The van der Waals surface area contributed by atoms with Gasteiger partial charge in [0.1, 0.15) is 5.60 Å². The van der Waals surface area contributed by atoms with Crippen LogP contribution in [0.5, 0.6) is 0 Å². The quantitative estimate of drug-likeness (QED) is 0.769. The smallest absolute Gasteiger partial charge is 0.340 e. The first-order chi connectivity index (χ1) is 8.64. The normalized spacial score (nSPS) is 20.6. The minimum atomic E-state index is -1.14. The first-order valence-electron chi connectivity index (χ1n) is 6.09. The lowest BCUT2D eigenvalue weighted by atomic mass is 9.79. The van der Waals surface area contributed by atoms with Crippen LogP contribution in [-0.2, 0) is 10.3 Å². The molecule has 5 heteroatoms. The molecule has 1 fully saturated rings. The lowest BCUT2D eigenvalue weighted by molar-refractivity contribution is -0.0281. The number of nitrogens with zero attached hydrogens (tertiary/aromatic N) is 1. The highest BCUT2D eigenvalue weighted by molar-refractivity contribution is 6.05. The van der Waals surface area contributed by atoms with Crippen molar-refractivity contribution in [3.63, 3.8) is 0 Å². The van der Waals surface area contributed by atoms with Crippen molar-refractivity contribution in [2.24, 2.45) is 0 Å². The minimum absolute atomic E-state index is 0.0556. The monoisotopic (exact) mass is 247 g/mol. The summed E-state index contributed by atoms with van der Waals surface area (Å²) in [6, 6.07) is 0. The van der Waals surface area contributed by atoms with Crippen LogP contribution in [0, 0.1) is 0 Å². The molecule has 1 aromatic rings. The summed E-state index contributed by atoms with van der Waals surface area (Å²) in [5.41, 5.74) is 0.176. The molecule has 1 saturated carbocycles. The Morgan fingerprint density at radius 3 is 2.67 bits per heavy atom. The molecule has 0 radical (unpaired) electrons. The van der Waals surface area contributed by atoms with E-state index in [2.05, 4.69) is 4.98 Å². The van der Waals surface area contributed by atoms with Crippen molar-refractivity contribution >= 4 is 11.9 Å². The zero-order valence-electron chi connectivity index (χ0n) is 9.81. The van der Waals surface area contributed by atoms with Gasteiger partial charge in [0.05, 0.1) is 11.1 Å². The van der Waals surface area contributed by atoms with E-state index in [4.69, 9.17) is 9.84 Å². The van der Waals surface area contributed by atoms with Gasteiger partial charge in [-0.15, -0.1) is 0 Å². The van der Waals surface area contributed by atoms with Gasteiger partial charge in [-0.2, -0.15) is 0 Å². The van der Waals surface area contributed by atoms with Crippen LogP contribution >= 0.6 is 0 Å². The van der Waals surface area contributed by atoms with E-state index >= 15 is 0 Å². The Morgan fingerprint density at radius 2 is 2.00 bits per heavy atom.